The summed E-state index contributed by atoms with van der Waals surface area (Å²) in [5.41, 5.74) is 2.53. The molecule has 1 aromatic heterocycles. The zero-order valence-corrected chi connectivity index (χ0v) is 14.9. The summed E-state index contributed by atoms with van der Waals surface area (Å²) >= 11 is 0. The molecule has 2 heterocycles. The van der Waals surface area contributed by atoms with Crippen LogP contribution in [0.2, 0.25) is 0 Å². The van der Waals surface area contributed by atoms with Gasteiger partial charge >= 0.3 is 0 Å². The van der Waals surface area contributed by atoms with E-state index in [9.17, 15) is 9.59 Å². The predicted molar refractivity (Wildman–Crippen MR) is 103 cm³/mol. The molecule has 136 valence electrons. The highest BCUT2D eigenvalue weighted by Crippen LogP contribution is 2.26. The zero-order valence-electron chi connectivity index (χ0n) is 14.9. The fraction of sp³-hybridized carbons (Fsp3) is 0.143. The summed E-state index contributed by atoms with van der Waals surface area (Å²) in [6, 6.07) is 16.3. The number of benzene rings is 2. The Balaban J connectivity index is 1.53. The molecule has 3 aromatic rings. The Morgan fingerprint density at radius 1 is 1.07 bits per heavy atom. The van der Waals surface area contributed by atoms with Crippen molar-refractivity contribution in [1.29, 1.82) is 0 Å². The van der Waals surface area contributed by atoms with Crippen molar-refractivity contribution >= 4 is 17.5 Å². The summed E-state index contributed by atoms with van der Waals surface area (Å²) in [6.07, 6.45) is 3.89. The van der Waals surface area contributed by atoms with Gasteiger partial charge in [0, 0.05) is 36.4 Å². The van der Waals surface area contributed by atoms with E-state index in [1.165, 1.54) is 0 Å². The smallest absolute Gasteiger partial charge is 0.257 e. The van der Waals surface area contributed by atoms with Gasteiger partial charge in [0.05, 0.1) is 12.1 Å². The summed E-state index contributed by atoms with van der Waals surface area (Å²) < 4.78 is 7.57. The first-order valence-corrected chi connectivity index (χ1v) is 8.69. The number of nitrogens with zero attached hydrogens (tertiary/aromatic N) is 2. The highest BCUT2D eigenvalue weighted by Gasteiger charge is 2.21. The van der Waals surface area contributed by atoms with Crippen molar-refractivity contribution < 1.29 is 14.3 Å². The normalized spacial score (nSPS) is 13.5. The van der Waals surface area contributed by atoms with Crippen LogP contribution in [0.5, 0.6) is 5.75 Å². The molecule has 0 saturated carbocycles. The molecule has 2 amide bonds. The number of carbonyl (C=O) groups is 2. The van der Waals surface area contributed by atoms with E-state index >= 15 is 0 Å². The Morgan fingerprint density at radius 2 is 1.81 bits per heavy atom. The van der Waals surface area contributed by atoms with Gasteiger partial charge in [-0.05, 0) is 54.6 Å². The van der Waals surface area contributed by atoms with E-state index in [0.717, 1.165) is 5.69 Å². The molecular formula is C21H19N3O3. The number of hydrogen-bond acceptors (Lipinski definition) is 3. The number of amides is 2. The highest BCUT2D eigenvalue weighted by molar-refractivity contribution is 6.05. The summed E-state index contributed by atoms with van der Waals surface area (Å²) in [7, 11) is 1.73. The van der Waals surface area contributed by atoms with Gasteiger partial charge in [0.2, 0.25) is 0 Å². The van der Waals surface area contributed by atoms with Gasteiger partial charge in [-0.15, -0.1) is 0 Å². The van der Waals surface area contributed by atoms with Crippen LogP contribution in [0.25, 0.3) is 5.69 Å². The van der Waals surface area contributed by atoms with E-state index in [4.69, 9.17) is 4.74 Å². The first-order chi connectivity index (χ1) is 13.1. The van der Waals surface area contributed by atoms with Crippen molar-refractivity contribution in [2.24, 2.45) is 0 Å². The fourth-order valence-electron chi connectivity index (χ4n) is 3.00. The molecule has 0 radical (unpaired) electrons. The monoisotopic (exact) mass is 361 g/mol. The second-order valence-corrected chi connectivity index (χ2v) is 6.38. The van der Waals surface area contributed by atoms with E-state index in [1.807, 2.05) is 41.2 Å². The molecule has 1 aliphatic heterocycles. The van der Waals surface area contributed by atoms with Gasteiger partial charge in [0.1, 0.15) is 12.4 Å². The summed E-state index contributed by atoms with van der Waals surface area (Å²) in [5, 5.41) is 2.85. The minimum atomic E-state index is -0.232. The first-order valence-electron chi connectivity index (χ1n) is 8.69. The standard InChI is InChI=1S/C21H19N3O3/c1-23-12-13-27-19-9-6-16(14-18(19)21(23)26)22-20(25)15-4-7-17(8-5-15)24-10-2-3-11-24/h2-11,14H,12-13H2,1H3,(H,22,25). The summed E-state index contributed by atoms with van der Waals surface area (Å²) in [6.45, 7) is 0.984. The highest BCUT2D eigenvalue weighted by atomic mass is 16.5. The Labute approximate surface area is 157 Å². The quantitative estimate of drug-likeness (QED) is 0.779. The van der Waals surface area contributed by atoms with Gasteiger partial charge in [-0.25, -0.2) is 0 Å². The third-order valence-corrected chi connectivity index (χ3v) is 4.53. The SMILES string of the molecule is CN1CCOc2ccc(NC(=O)c3ccc(-n4cccc4)cc3)cc2C1=O. The molecule has 27 heavy (non-hydrogen) atoms. The molecule has 0 bridgehead atoms. The minimum Gasteiger partial charge on any atom is -0.491 e. The first kappa shape index (κ1) is 16.9. The average molecular weight is 361 g/mol. The van der Waals surface area contributed by atoms with E-state index in [2.05, 4.69) is 5.32 Å². The van der Waals surface area contributed by atoms with Crippen molar-refractivity contribution in [3.8, 4) is 11.4 Å². The van der Waals surface area contributed by atoms with Crippen LogP contribution in [0.3, 0.4) is 0 Å². The number of ether oxygens (including phenoxy) is 1. The number of fused-ring (bicyclic) bond motifs is 1. The van der Waals surface area contributed by atoms with Crippen molar-refractivity contribution in [2.45, 2.75) is 0 Å². The maximum absolute atomic E-state index is 12.5. The average Bonchev–Trinajstić information content (AvgIpc) is 3.18. The molecule has 1 aliphatic rings. The number of nitrogens with one attached hydrogen (secondary N) is 1. The molecule has 0 fully saturated rings. The number of aromatic nitrogens is 1. The second kappa shape index (κ2) is 6.99. The van der Waals surface area contributed by atoms with Gasteiger partial charge in [0.15, 0.2) is 0 Å². The number of anilines is 1. The van der Waals surface area contributed by atoms with E-state index in [1.54, 1.807) is 42.3 Å². The number of hydrogen-bond donors (Lipinski definition) is 1. The molecule has 0 atom stereocenters. The van der Waals surface area contributed by atoms with Crippen LogP contribution in [-0.2, 0) is 0 Å². The molecule has 4 rings (SSSR count). The molecule has 0 aliphatic carbocycles. The van der Waals surface area contributed by atoms with Crippen molar-refractivity contribution in [3.05, 3.63) is 78.1 Å². The van der Waals surface area contributed by atoms with Crippen LogP contribution < -0.4 is 10.1 Å². The maximum atomic E-state index is 12.5. The minimum absolute atomic E-state index is 0.116. The lowest BCUT2D eigenvalue weighted by molar-refractivity contribution is 0.0796. The van der Waals surface area contributed by atoms with Crippen LogP contribution in [0, 0.1) is 0 Å². The van der Waals surface area contributed by atoms with Crippen molar-refractivity contribution in [1.82, 2.24) is 9.47 Å². The van der Waals surface area contributed by atoms with E-state index in [-0.39, 0.29) is 11.8 Å². The van der Waals surface area contributed by atoms with Crippen LogP contribution in [0.15, 0.2) is 67.0 Å². The number of likely N-dealkylation sites (N-methyl/N-ethyl adjacent to an activating group) is 1. The maximum Gasteiger partial charge on any atom is 0.257 e. The van der Waals surface area contributed by atoms with Crippen LogP contribution in [0.1, 0.15) is 20.7 Å². The number of rotatable bonds is 3. The zero-order chi connectivity index (χ0) is 18.8. The molecule has 1 N–H and O–H groups in total. The Morgan fingerprint density at radius 3 is 2.56 bits per heavy atom. The third-order valence-electron chi connectivity index (χ3n) is 4.53. The predicted octanol–water partition coefficient (Wildman–Crippen LogP) is 3.19. The van der Waals surface area contributed by atoms with Crippen LogP contribution in [-0.4, -0.2) is 41.5 Å². The second-order valence-electron chi connectivity index (χ2n) is 6.38. The topological polar surface area (TPSA) is 63.6 Å². The van der Waals surface area contributed by atoms with Gasteiger partial charge in [-0.1, -0.05) is 0 Å². The Kier molecular flexibility index (Phi) is 4.38. The molecular weight excluding hydrogens is 342 g/mol. The Bertz CT molecular complexity index is 978. The lowest BCUT2D eigenvalue weighted by Gasteiger charge is -2.13. The molecule has 6 nitrogen and oxygen atoms in total. The molecule has 0 unspecified atom stereocenters. The summed E-state index contributed by atoms with van der Waals surface area (Å²) in [5.74, 6) is 0.192. The van der Waals surface area contributed by atoms with E-state index < -0.39 is 0 Å². The molecule has 0 saturated heterocycles. The van der Waals surface area contributed by atoms with Gasteiger partial charge in [0.25, 0.3) is 11.8 Å². The third kappa shape index (κ3) is 3.42. The van der Waals surface area contributed by atoms with Crippen LogP contribution >= 0.6 is 0 Å². The van der Waals surface area contributed by atoms with Crippen LogP contribution in [0.4, 0.5) is 5.69 Å². The fourth-order valence-corrected chi connectivity index (χ4v) is 3.00. The summed E-state index contributed by atoms with van der Waals surface area (Å²) in [4.78, 5) is 26.6. The molecule has 6 heteroatoms. The molecule has 2 aromatic carbocycles. The largest absolute Gasteiger partial charge is 0.491 e. The van der Waals surface area contributed by atoms with Gasteiger partial charge < -0.3 is 19.5 Å². The van der Waals surface area contributed by atoms with Crippen molar-refractivity contribution in [2.75, 3.05) is 25.5 Å². The molecule has 0 spiro atoms. The number of carbonyl (C=O) groups excluding carboxylic acids is 2. The van der Waals surface area contributed by atoms with Gasteiger partial charge in [-0.3, -0.25) is 9.59 Å². The van der Waals surface area contributed by atoms with Crippen molar-refractivity contribution in [3.63, 3.8) is 0 Å². The van der Waals surface area contributed by atoms with Gasteiger partial charge in [-0.2, -0.15) is 0 Å². The lowest BCUT2D eigenvalue weighted by Crippen LogP contribution is -2.27. The Hall–Kier alpha value is -3.54. The van der Waals surface area contributed by atoms with E-state index in [0.29, 0.717) is 35.7 Å². The lowest BCUT2D eigenvalue weighted by atomic mass is 10.1.